The number of anilines is 2. The van der Waals surface area contributed by atoms with E-state index in [-0.39, 0.29) is 34.8 Å². The standard InChI is InChI=1S/C26H35FN6O4/c1-6-17-14-36-12-11-33(17)24-30-21(16-9-10-19(18(27)13-16)29-25(35)28-7-2)20-22(31-24)37-26(4,5)15-32(8-3)23(20)34/h9-10,13,17H,6-8,11-12,14-15H2,1-5H3,(H2,28,29,35)/t17-/m0/s1. The molecule has 2 N–H and O–H groups in total. The minimum atomic E-state index is -0.694. The molecule has 2 aliphatic heterocycles. The summed E-state index contributed by atoms with van der Waals surface area (Å²) in [5.74, 6) is -0.340. The first-order chi connectivity index (χ1) is 17.7. The Morgan fingerprint density at radius 2 is 2.03 bits per heavy atom. The first-order valence-electron chi connectivity index (χ1n) is 12.8. The molecule has 3 heterocycles. The summed E-state index contributed by atoms with van der Waals surface area (Å²) in [6.45, 7) is 12.4. The van der Waals surface area contributed by atoms with Gasteiger partial charge in [-0.25, -0.2) is 14.2 Å². The molecule has 10 nitrogen and oxygen atoms in total. The zero-order chi connectivity index (χ0) is 26.7. The molecule has 0 spiro atoms. The van der Waals surface area contributed by atoms with Crippen LogP contribution in [0.2, 0.25) is 0 Å². The molecule has 4 rings (SSSR count). The Morgan fingerprint density at radius 3 is 2.70 bits per heavy atom. The lowest BCUT2D eigenvalue weighted by Gasteiger charge is -2.35. The number of benzene rings is 1. The number of rotatable bonds is 6. The van der Waals surface area contributed by atoms with Crippen molar-refractivity contribution in [2.45, 2.75) is 52.7 Å². The number of halogens is 1. The molecule has 0 bridgehead atoms. The number of nitrogens with zero attached hydrogens (tertiary/aromatic N) is 4. The normalized spacial score (nSPS) is 19.1. The lowest BCUT2D eigenvalue weighted by atomic mass is 10.0. The molecule has 0 radical (unpaired) electrons. The topological polar surface area (TPSA) is 109 Å². The monoisotopic (exact) mass is 514 g/mol. The van der Waals surface area contributed by atoms with Crippen molar-refractivity contribution in [3.63, 3.8) is 0 Å². The number of fused-ring (bicyclic) bond motifs is 1. The van der Waals surface area contributed by atoms with Gasteiger partial charge in [0.1, 0.15) is 17.0 Å². The van der Waals surface area contributed by atoms with E-state index in [0.29, 0.717) is 50.9 Å². The number of urea groups is 1. The van der Waals surface area contributed by atoms with E-state index in [1.807, 2.05) is 20.8 Å². The highest BCUT2D eigenvalue weighted by Gasteiger charge is 2.38. The van der Waals surface area contributed by atoms with Gasteiger partial charge in [-0.15, -0.1) is 0 Å². The largest absolute Gasteiger partial charge is 0.469 e. The van der Waals surface area contributed by atoms with E-state index in [4.69, 9.17) is 19.4 Å². The highest BCUT2D eigenvalue weighted by Crippen LogP contribution is 2.37. The van der Waals surface area contributed by atoms with Gasteiger partial charge in [0, 0.05) is 25.2 Å². The van der Waals surface area contributed by atoms with Gasteiger partial charge in [-0.1, -0.05) is 13.0 Å². The van der Waals surface area contributed by atoms with Crippen LogP contribution in [-0.4, -0.2) is 77.8 Å². The van der Waals surface area contributed by atoms with E-state index in [0.717, 1.165) is 6.42 Å². The summed E-state index contributed by atoms with van der Waals surface area (Å²) in [5, 5.41) is 5.07. The van der Waals surface area contributed by atoms with E-state index in [9.17, 15) is 9.59 Å². The average molecular weight is 515 g/mol. The maximum atomic E-state index is 15.1. The van der Waals surface area contributed by atoms with Crippen molar-refractivity contribution in [3.8, 4) is 17.1 Å². The van der Waals surface area contributed by atoms with Gasteiger partial charge in [0.25, 0.3) is 5.91 Å². The number of nitrogens with one attached hydrogen (secondary N) is 2. The van der Waals surface area contributed by atoms with Crippen LogP contribution in [0.4, 0.5) is 20.8 Å². The first-order valence-corrected chi connectivity index (χ1v) is 12.8. The number of aromatic nitrogens is 2. The van der Waals surface area contributed by atoms with Crippen molar-refractivity contribution in [3.05, 3.63) is 29.6 Å². The molecule has 3 amide bonds. The lowest BCUT2D eigenvalue weighted by Crippen LogP contribution is -2.46. The van der Waals surface area contributed by atoms with Crippen molar-refractivity contribution >= 4 is 23.6 Å². The maximum Gasteiger partial charge on any atom is 0.319 e. The molecule has 2 aromatic rings. The van der Waals surface area contributed by atoms with Crippen LogP contribution in [0.15, 0.2) is 18.2 Å². The highest BCUT2D eigenvalue weighted by atomic mass is 19.1. The fourth-order valence-electron chi connectivity index (χ4n) is 4.62. The lowest BCUT2D eigenvalue weighted by molar-refractivity contribution is 0.0540. The second-order valence-corrected chi connectivity index (χ2v) is 9.74. The molecule has 200 valence electrons. The van der Waals surface area contributed by atoms with Crippen LogP contribution >= 0.6 is 0 Å². The Labute approximate surface area is 216 Å². The smallest absolute Gasteiger partial charge is 0.319 e. The molecule has 1 atom stereocenters. The van der Waals surface area contributed by atoms with E-state index < -0.39 is 17.4 Å². The fourth-order valence-corrected chi connectivity index (χ4v) is 4.62. The van der Waals surface area contributed by atoms with Gasteiger partial charge in [0.15, 0.2) is 0 Å². The van der Waals surface area contributed by atoms with Crippen LogP contribution in [0.3, 0.4) is 0 Å². The van der Waals surface area contributed by atoms with Gasteiger partial charge in [-0.05, 0) is 46.2 Å². The van der Waals surface area contributed by atoms with E-state index in [1.54, 1.807) is 17.9 Å². The molecule has 1 aromatic carbocycles. The first kappa shape index (κ1) is 26.6. The van der Waals surface area contributed by atoms with Gasteiger partial charge in [-0.3, -0.25) is 4.79 Å². The molecule has 2 aliphatic rings. The molecular weight excluding hydrogens is 479 g/mol. The highest BCUT2D eigenvalue weighted by molar-refractivity contribution is 6.03. The second kappa shape index (κ2) is 10.9. The molecule has 37 heavy (non-hydrogen) atoms. The Bertz CT molecular complexity index is 1170. The molecule has 11 heteroatoms. The van der Waals surface area contributed by atoms with Crippen molar-refractivity contribution in [1.29, 1.82) is 0 Å². The third kappa shape index (κ3) is 5.61. The Balaban J connectivity index is 1.87. The molecular formula is C26H35FN6O4. The molecule has 0 saturated carbocycles. The summed E-state index contributed by atoms with van der Waals surface area (Å²) in [6.07, 6.45) is 0.819. The van der Waals surface area contributed by atoms with Crippen LogP contribution in [-0.2, 0) is 4.74 Å². The molecule has 0 unspecified atom stereocenters. The van der Waals surface area contributed by atoms with Gasteiger partial charge in [-0.2, -0.15) is 4.98 Å². The predicted octanol–water partition coefficient (Wildman–Crippen LogP) is 3.67. The molecule has 0 aliphatic carbocycles. The number of carbonyl (C=O) groups excluding carboxylic acids is 2. The third-order valence-electron chi connectivity index (χ3n) is 6.48. The van der Waals surface area contributed by atoms with Crippen LogP contribution in [0, 0.1) is 5.82 Å². The number of amides is 3. The second-order valence-electron chi connectivity index (χ2n) is 9.74. The minimum Gasteiger partial charge on any atom is -0.469 e. The Hall–Kier alpha value is -3.47. The minimum absolute atomic E-state index is 0.0215. The molecule has 1 fully saturated rings. The van der Waals surface area contributed by atoms with E-state index in [1.165, 1.54) is 12.1 Å². The summed E-state index contributed by atoms with van der Waals surface area (Å²) in [5.41, 5.74) is 0.189. The van der Waals surface area contributed by atoms with Gasteiger partial charge >= 0.3 is 6.03 Å². The Kier molecular flexibility index (Phi) is 7.82. The number of ether oxygens (including phenoxy) is 2. The van der Waals surface area contributed by atoms with Crippen LogP contribution in [0.1, 0.15) is 51.4 Å². The fraction of sp³-hybridized carbons (Fsp3) is 0.538. The van der Waals surface area contributed by atoms with E-state index in [2.05, 4.69) is 22.5 Å². The van der Waals surface area contributed by atoms with Crippen LogP contribution < -0.4 is 20.3 Å². The summed E-state index contributed by atoms with van der Waals surface area (Å²) < 4.78 is 27.1. The molecule has 1 saturated heterocycles. The average Bonchev–Trinajstić information content (AvgIpc) is 2.97. The quantitative estimate of drug-likeness (QED) is 0.605. The maximum absolute atomic E-state index is 15.1. The predicted molar refractivity (Wildman–Crippen MR) is 139 cm³/mol. The van der Waals surface area contributed by atoms with Crippen molar-refractivity contribution in [2.24, 2.45) is 0 Å². The van der Waals surface area contributed by atoms with Gasteiger partial charge in [0.05, 0.1) is 37.2 Å². The van der Waals surface area contributed by atoms with Crippen LogP contribution in [0.25, 0.3) is 11.3 Å². The van der Waals surface area contributed by atoms with E-state index >= 15 is 4.39 Å². The summed E-state index contributed by atoms with van der Waals surface area (Å²) in [4.78, 5) is 38.9. The van der Waals surface area contributed by atoms with Gasteiger partial charge < -0.3 is 29.9 Å². The van der Waals surface area contributed by atoms with Crippen molar-refractivity contribution in [2.75, 3.05) is 49.6 Å². The summed E-state index contributed by atoms with van der Waals surface area (Å²) >= 11 is 0. The SMILES string of the molecule is CCNC(=O)Nc1ccc(-c2nc(N3CCOC[C@@H]3CC)nc3c2C(=O)N(CC)CC(C)(C)O3)cc1F. The number of hydrogen-bond acceptors (Lipinski definition) is 7. The number of hydrogen-bond donors (Lipinski definition) is 2. The number of likely N-dealkylation sites (N-methyl/N-ethyl adjacent to an activating group) is 1. The summed E-state index contributed by atoms with van der Waals surface area (Å²) in [6, 6.07) is 3.91. The summed E-state index contributed by atoms with van der Waals surface area (Å²) in [7, 11) is 0. The third-order valence-corrected chi connectivity index (χ3v) is 6.48. The van der Waals surface area contributed by atoms with Crippen LogP contribution in [0.5, 0.6) is 5.88 Å². The molecule has 1 aromatic heterocycles. The number of carbonyl (C=O) groups is 2. The zero-order valence-electron chi connectivity index (χ0n) is 22.1. The Morgan fingerprint density at radius 1 is 1.24 bits per heavy atom. The van der Waals surface area contributed by atoms with Crippen molar-refractivity contribution in [1.82, 2.24) is 20.2 Å². The van der Waals surface area contributed by atoms with Gasteiger partial charge in [0.2, 0.25) is 11.8 Å². The number of morpholine rings is 1. The zero-order valence-corrected chi connectivity index (χ0v) is 22.1. The van der Waals surface area contributed by atoms with Crippen molar-refractivity contribution < 1.29 is 23.5 Å².